The van der Waals surface area contributed by atoms with Gasteiger partial charge in [-0.2, -0.15) is 5.26 Å². The van der Waals surface area contributed by atoms with E-state index >= 15 is 4.39 Å². The zero-order chi connectivity index (χ0) is 32.4. The molecule has 0 amide bonds. The molecule has 46 heavy (non-hydrogen) atoms. The summed E-state index contributed by atoms with van der Waals surface area (Å²) in [7, 11) is 0. The zero-order valence-electron chi connectivity index (χ0n) is 24.9. The second kappa shape index (κ2) is 13.2. The number of likely N-dealkylation sites (tertiary alicyclic amines) is 1. The van der Waals surface area contributed by atoms with Crippen molar-refractivity contribution >= 4 is 28.6 Å². The number of imidazole rings is 1. The molecule has 3 aromatic carbocycles. The van der Waals surface area contributed by atoms with Gasteiger partial charge in [0.05, 0.1) is 24.6 Å². The first-order valence-electron chi connectivity index (χ1n) is 15.1. The third-order valence-electron chi connectivity index (χ3n) is 8.70. The van der Waals surface area contributed by atoms with E-state index in [-0.39, 0.29) is 46.4 Å². The maximum atomic E-state index is 15.1. The van der Waals surface area contributed by atoms with Crippen molar-refractivity contribution in [2.45, 2.75) is 64.3 Å². The fourth-order valence-electron chi connectivity index (χ4n) is 5.99. The lowest BCUT2D eigenvalue weighted by Gasteiger charge is -2.32. The number of nitriles is 1. The van der Waals surface area contributed by atoms with Gasteiger partial charge < -0.3 is 19.1 Å². The highest BCUT2D eigenvalue weighted by atomic mass is 35.5. The monoisotopic (exact) mass is 652 g/mol. The smallest absolute Gasteiger partial charge is 0.307 e. The van der Waals surface area contributed by atoms with E-state index in [0.717, 1.165) is 18.9 Å². The first kappa shape index (κ1) is 31.7. The molecule has 2 heterocycles. The molecule has 12 heteroatoms. The number of aromatic nitrogens is 2. The number of aliphatic carboxylic acids is 1. The lowest BCUT2D eigenvalue weighted by molar-refractivity contribution is -0.136. The van der Waals surface area contributed by atoms with Gasteiger partial charge in [0.15, 0.2) is 17.4 Å². The van der Waals surface area contributed by atoms with Crippen molar-refractivity contribution in [2.24, 2.45) is 5.41 Å². The Bertz CT molecular complexity index is 1810. The standard InChI is InChI=1S/C34H32ClF3N4O4/c35-23-1-4-30(27(37)17-23)45-19-22-16-25(2-3-26(22)36)46-24-5-11-41(12-6-24)18-31-40-33-28(38)13-21(15-32(43)44)14-29(33)42(31)20-34(7-8-34)9-10-39/h1-4,13-14,16-17,24H,5-9,11-12,15,18-20H2,(H,43,44). The van der Waals surface area contributed by atoms with Crippen LogP contribution in [0.15, 0.2) is 48.5 Å². The number of nitrogens with zero attached hydrogens (tertiary/aromatic N) is 4. The fourth-order valence-corrected chi connectivity index (χ4v) is 6.15. The SMILES string of the molecule is N#CCC1(Cn2c(CN3CCC(Oc4ccc(F)c(COc5ccc(Cl)cc5F)c4)CC3)nc3c(F)cc(CC(=O)O)cc32)CC1. The van der Waals surface area contributed by atoms with Crippen LogP contribution in [-0.2, 0) is 30.9 Å². The van der Waals surface area contributed by atoms with Crippen molar-refractivity contribution in [1.82, 2.24) is 14.5 Å². The lowest BCUT2D eigenvalue weighted by Crippen LogP contribution is -2.38. The van der Waals surface area contributed by atoms with Gasteiger partial charge in [0.25, 0.3) is 0 Å². The maximum Gasteiger partial charge on any atom is 0.307 e. The van der Waals surface area contributed by atoms with Crippen molar-refractivity contribution in [3.05, 3.63) is 88.0 Å². The fraction of sp³-hybridized carbons (Fsp3) is 0.382. The number of rotatable bonds is 12. The third kappa shape index (κ3) is 7.24. The van der Waals surface area contributed by atoms with Crippen LogP contribution in [0, 0.1) is 34.2 Å². The van der Waals surface area contributed by atoms with E-state index in [4.69, 9.17) is 21.1 Å². The molecule has 2 fully saturated rings. The Morgan fingerprint density at radius 1 is 1.07 bits per heavy atom. The molecule has 0 spiro atoms. The summed E-state index contributed by atoms with van der Waals surface area (Å²) >= 11 is 5.79. The quantitative estimate of drug-likeness (QED) is 0.175. The van der Waals surface area contributed by atoms with Gasteiger partial charge in [-0.05, 0) is 79.8 Å². The zero-order valence-corrected chi connectivity index (χ0v) is 25.7. The van der Waals surface area contributed by atoms with Crippen LogP contribution >= 0.6 is 11.6 Å². The van der Waals surface area contributed by atoms with E-state index in [2.05, 4.69) is 16.0 Å². The molecule has 0 bridgehead atoms. The minimum atomic E-state index is -1.04. The molecule has 1 saturated heterocycles. The normalized spacial score (nSPS) is 16.3. The van der Waals surface area contributed by atoms with E-state index < -0.39 is 23.4 Å². The molecule has 1 aliphatic heterocycles. The Morgan fingerprint density at radius 2 is 1.85 bits per heavy atom. The van der Waals surface area contributed by atoms with Crippen LogP contribution in [0.1, 0.15) is 49.1 Å². The molecule has 1 saturated carbocycles. The lowest BCUT2D eigenvalue weighted by atomic mass is 10.0. The number of hydrogen-bond donors (Lipinski definition) is 1. The number of fused-ring (bicyclic) bond motifs is 1. The van der Waals surface area contributed by atoms with Gasteiger partial charge in [-0.25, -0.2) is 18.2 Å². The van der Waals surface area contributed by atoms with Gasteiger partial charge in [0, 0.05) is 42.1 Å². The number of piperidine rings is 1. The van der Waals surface area contributed by atoms with Crippen molar-refractivity contribution in [3.8, 4) is 17.6 Å². The molecule has 0 radical (unpaired) electrons. The second-order valence-electron chi connectivity index (χ2n) is 12.2. The molecule has 1 N–H and O–H groups in total. The van der Waals surface area contributed by atoms with Gasteiger partial charge in [-0.3, -0.25) is 9.69 Å². The molecule has 6 rings (SSSR count). The highest BCUT2D eigenvalue weighted by Crippen LogP contribution is 2.50. The van der Waals surface area contributed by atoms with Crippen LogP contribution in [0.2, 0.25) is 5.02 Å². The molecule has 0 atom stereocenters. The van der Waals surface area contributed by atoms with Crippen molar-refractivity contribution in [1.29, 1.82) is 5.26 Å². The van der Waals surface area contributed by atoms with Gasteiger partial charge in [0.2, 0.25) is 0 Å². The summed E-state index contributed by atoms with van der Waals surface area (Å²) in [4.78, 5) is 18.2. The molecule has 4 aromatic rings. The summed E-state index contributed by atoms with van der Waals surface area (Å²) in [5.74, 6) is -1.61. The van der Waals surface area contributed by atoms with Crippen LogP contribution in [0.5, 0.6) is 11.5 Å². The third-order valence-corrected chi connectivity index (χ3v) is 8.94. The predicted octanol–water partition coefficient (Wildman–Crippen LogP) is 7.05. The second-order valence-corrected chi connectivity index (χ2v) is 12.6. The summed E-state index contributed by atoms with van der Waals surface area (Å²) in [5, 5.41) is 18.9. The summed E-state index contributed by atoms with van der Waals surface area (Å²) in [6.07, 6.45) is 3.15. The van der Waals surface area contributed by atoms with Crippen LogP contribution in [0.25, 0.3) is 11.0 Å². The molecule has 8 nitrogen and oxygen atoms in total. The molecular weight excluding hydrogens is 621 g/mol. The number of ether oxygens (including phenoxy) is 2. The summed E-state index contributed by atoms with van der Waals surface area (Å²) in [5.41, 5.74) is 1.15. The highest BCUT2D eigenvalue weighted by Gasteiger charge is 2.43. The molecule has 1 aromatic heterocycles. The Morgan fingerprint density at radius 3 is 2.54 bits per heavy atom. The van der Waals surface area contributed by atoms with Crippen molar-refractivity contribution < 1.29 is 32.5 Å². The summed E-state index contributed by atoms with van der Waals surface area (Å²) < 4.78 is 57.4. The van der Waals surface area contributed by atoms with E-state index in [1.807, 2.05) is 4.57 Å². The molecule has 0 unspecified atom stereocenters. The van der Waals surface area contributed by atoms with Crippen LogP contribution in [-0.4, -0.2) is 44.7 Å². The van der Waals surface area contributed by atoms with Crippen molar-refractivity contribution in [3.63, 3.8) is 0 Å². The molecular formula is C34H32ClF3N4O4. The van der Waals surface area contributed by atoms with Crippen molar-refractivity contribution in [2.75, 3.05) is 13.1 Å². The first-order chi connectivity index (χ1) is 22.1. The number of halogens is 4. The van der Waals surface area contributed by atoms with Crippen LogP contribution in [0.4, 0.5) is 13.2 Å². The molecule has 240 valence electrons. The van der Waals surface area contributed by atoms with Gasteiger partial charge in [-0.1, -0.05) is 11.6 Å². The number of carboxylic acids is 1. The van der Waals surface area contributed by atoms with E-state index in [1.165, 1.54) is 24.3 Å². The van der Waals surface area contributed by atoms with Gasteiger partial charge in [0.1, 0.15) is 35.6 Å². The average Bonchev–Trinajstić information content (AvgIpc) is 3.69. The number of benzene rings is 3. The Hall–Kier alpha value is -4.27. The topological polar surface area (TPSA) is 101 Å². The Balaban J connectivity index is 1.12. The minimum Gasteiger partial charge on any atom is -0.490 e. The van der Waals surface area contributed by atoms with Gasteiger partial charge >= 0.3 is 5.97 Å². The summed E-state index contributed by atoms with van der Waals surface area (Å²) in [6, 6.07) is 13.6. The molecule has 2 aliphatic rings. The van der Waals surface area contributed by atoms with E-state index in [1.54, 1.807) is 18.2 Å². The van der Waals surface area contributed by atoms with Gasteiger partial charge in [-0.15, -0.1) is 0 Å². The Labute approximate surface area is 268 Å². The first-order valence-corrected chi connectivity index (χ1v) is 15.5. The Kier molecular flexibility index (Phi) is 9.11. The number of carbonyl (C=O) groups is 1. The largest absolute Gasteiger partial charge is 0.490 e. The number of hydrogen-bond acceptors (Lipinski definition) is 6. The average molecular weight is 653 g/mol. The van der Waals surface area contributed by atoms with Crippen LogP contribution in [0.3, 0.4) is 0 Å². The predicted molar refractivity (Wildman–Crippen MR) is 164 cm³/mol. The highest BCUT2D eigenvalue weighted by molar-refractivity contribution is 6.30. The maximum absolute atomic E-state index is 15.1. The number of carboxylic acid groups (broad SMARTS) is 1. The minimum absolute atomic E-state index is 0.0307. The summed E-state index contributed by atoms with van der Waals surface area (Å²) in [6.45, 7) is 2.14. The van der Waals surface area contributed by atoms with Crippen LogP contribution < -0.4 is 9.47 Å². The van der Waals surface area contributed by atoms with E-state index in [0.29, 0.717) is 68.1 Å². The molecule has 1 aliphatic carbocycles. The van der Waals surface area contributed by atoms with E-state index in [9.17, 15) is 23.9 Å².